The summed E-state index contributed by atoms with van der Waals surface area (Å²) in [4.78, 5) is 2.40. The van der Waals surface area contributed by atoms with E-state index in [0.717, 1.165) is 32.4 Å². The molecule has 0 aromatic heterocycles. The van der Waals surface area contributed by atoms with Crippen molar-refractivity contribution in [1.82, 2.24) is 10.2 Å². The number of aliphatic hydroxyl groups excluding tert-OH is 1. The maximum Gasteiger partial charge on any atom is 0.401 e. The molecule has 1 aliphatic heterocycles. The first-order valence-electron chi connectivity index (χ1n) is 8.13. The second-order valence-electron chi connectivity index (χ2n) is 6.55. The normalized spacial score (nSPS) is 29.1. The fraction of sp³-hybridized carbons (Fsp3) is 1.00. The van der Waals surface area contributed by atoms with E-state index in [-0.39, 0.29) is 12.6 Å². The molecule has 0 bridgehead atoms. The summed E-state index contributed by atoms with van der Waals surface area (Å²) >= 11 is 0. The molecule has 2 rings (SSSR count). The second-order valence-corrected chi connectivity index (χ2v) is 6.55. The molecule has 2 unspecified atom stereocenters. The highest BCUT2D eigenvalue weighted by Gasteiger charge is 2.34. The third kappa shape index (κ3) is 5.75. The number of rotatable bonds is 6. The van der Waals surface area contributed by atoms with Gasteiger partial charge in [0.25, 0.3) is 0 Å². The van der Waals surface area contributed by atoms with Crippen LogP contribution in [0, 0.1) is 5.92 Å². The van der Waals surface area contributed by atoms with Gasteiger partial charge in [-0.25, -0.2) is 0 Å². The standard InChI is InChI=1S/C15H27F3N2O/c16-15(17,18)11-19-13-8-12(4-3-7-21)9-20(10-13)14-5-1-2-6-14/h12-14,19,21H,1-11H2. The fourth-order valence-electron chi connectivity index (χ4n) is 3.81. The number of aliphatic hydroxyl groups is 1. The summed E-state index contributed by atoms with van der Waals surface area (Å²) in [5.41, 5.74) is 0. The number of likely N-dealkylation sites (tertiary alicyclic amines) is 1. The fourth-order valence-corrected chi connectivity index (χ4v) is 3.81. The van der Waals surface area contributed by atoms with Gasteiger partial charge < -0.3 is 10.4 Å². The highest BCUT2D eigenvalue weighted by Crippen LogP contribution is 2.30. The number of nitrogens with zero attached hydrogens (tertiary/aromatic N) is 1. The van der Waals surface area contributed by atoms with Gasteiger partial charge in [0.15, 0.2) is 0 Å². The van der Waals surface area contributed by atoms with Crippen molar-refractivity contribution >= 4 is 0 Å². The molecule has 21 heavy (non-hydrogen) atoms. The minimum Gasteiger partial charge on any atom is -0.396 e. The van der Waals surface area contributed by atoms with Gasteiger partial charge in [-0.1, -0.05) is 12.8 Å². The molecule has 0 aromatic carbocycles. The molecule has 1 saturated heterocycles. The average Bonchev–Trinajstić information content (AvgIpc) is 2.96. The van der Waals surface area contributed by atoms with Gasteiger partial charge in [-0.15, -0.1) is 0 Å². The van der Waals surface area contributed by atoms with Gasteiger partial charge in [0.05, 0.1) is 6.54 Å². The molecular formula is C15H27F3N2O. The minimum atomic E-state index is -4.14. The zero-order chi connectivity index (χ0) is 15.3. The summed E-state index contributed by atoms with van der Waals surface area (Å²) in [6.45, 7) is 0.981. The number of nitrogens with one attached hydrogen (secondary N) is 1. The van der Waals surface area contributed by atoms with E-state index in [2.05, 4.69) is 10.2 Å². The van der Waals surface area contributed by atoms with E-state index in [9.17, 15) is 13.2 Å². The average molecular weight is 308 g/mol. The van der Waals surface area contributed by atoms with Gasteiger partial charge in [-0.3, -0.25) is 4.90 Å². The van der Waals surface area contributed by atoms with Crippen LogP contribution in [-0.2, 0) is 0 Å². The lowest BCUT2D eigenvalue weighted by Crippen LogP contribution is -2.53. The number of hydrogen-bond acceptors (Lipinski definition) is 3. The summed E-state index contributed by atoms with van der Waals surface area (Å²) in [7, 11) is 0. The zero-order valence-electron chi connectivity index (χ0n) is 12.5. The van der Waals surface area contributed by atoms with Crippen molar-refractivity contribution in [2.24, 2.45) is 5.92 Å². The predicted octanol–water partition coefficient (Wildman–Crippen LogP) is 2.54. The summed E-state index contributed by atoms with van der Waals surface area (Å²) in [6.07, 6.45) is 3.14. The minimum absolute atomic E-state index is 0.0790. The molecule has 0 spiro atoms. The lowest BCUT2D eigenvalue weighted by Gasteiger charge is -2.41. The third-order valence-electron chi connectivity index (χ3n) is 4.77. The number of halogens is 3. The van der Waals surface area contributed by atoms with E-state index in [4.69, 9.17) is 5.11 Å². The number of piperidine rings is 1. The SMILES string of the molecule is OCCCC1CC(NCC(F)(F)F)CN(C2CCCC2)C1. The third-order valence-corrected chi connectivity index (χ3v) is 4.77. The van der Waals surface area contributed by atoms with Crippen LogP contribution in [0.1, 0.15) is 44.9 Å². The summed E-state index contributed by atoms with van der Waals surface area (Å²) < 4.78 is 37.2. The molecule has 6 heteroatoms. The largest absolute Gasteiger partial charge is 0.401 e. The maximum atomic E-state index is 12.4. The Kier molecular flexibility index (Phi) is 6.32. The van der Waals surface area contributed by atoms with Crippen LogP contribution in [0.2, 0.25) is 0 Å². The van der Waals surface area contributed by atoms with Crippen LogP contribution in [-0.4, -0.2) is 54.5 Å². The quantitative estimate of drug-likeness (QED) is 0.791. The summed E-state index contributed by atoms with van der Waals surface area (Å²) in [5.74, 6) is 0.400. The highest BCUT2D eigenvalue weighted by atomic mass is 19.4. The maximum absolute atomic E-state index is 12.4. The zero-order valence-corrected chi connectivity index (χ0v) is 12.5. The van der Waals surface area contributed by atoms with Gasteiger partial charge in [-0.2, -0.15) is 13.2 Å². The first-order valence-corrected chi connectivity index (χ1v) is 8.13. The van der Waals surface area contributed by atoms with Crippen molar-refractivity contribution in [1.29, 1.82) is 0 Å². The molecule has 1 saturated carbocycles. The van der Waals surface area contributed by atoms with Crippen LogP contribution in [0.15, 0.2) is 0 Å². The molecule has 124 valence electrons. The van der Waals surface area contributed by atoms with Crippen LogP contribution in [0.5, 0.6) is 0 Å². The Morgan fingerprint density at radius 3 is 2.48 bits per heavy atom. The molecule has 2 aliphatic rings. The van der Waals surface area contributed by atoms with Crippen molar-refractivity contribution in [3.05, 3.63) is 0 Å². The predicted molar refractivity (Wildman–Crippen MR) is 76.1 cm³/mol. The molecular weight excluding hydrogens is 281 g/mol. The van der Waals surface area contributed by atoms with Gasteiger partial charge >= 0.3 is 6.18 Å². The molecule has 3 nitrogen and oxygen atoms in total. The van der Waals surface area contributed by atoms with E-state index in [1.54, 1.807) is 0 Å². The van der Waals surface area contributed by atoms with Crippen molar-refractivity contribution in [3.63, 3.8) is 0 Å². The van der Waals surface area contributed by atoms with Crippen LogP contribution in [0.3, 0.4) is 0 Å². The van der Waals surface area contributed by atoms with E-state index in [1.165, 1.54) is 25.7 Å². The number of hydrogen-bond donors (Lipinski definition) is 2. The Hall–Kier alpha value is -0.330. The molecule has 2 N–H and O–H groups in total. The molecule has 1 aliphatic carbocycles. The van der Waals surface area contributed by atoms with E-state index < -0.39 is 12.7 Å². The van der Waals surface area contributed by atoms with Gasteiger partial charge in [-0.05, 0) is 38.0 Å². The van der Waals surface area contributed by atoms with Crippen LogP contribution >= 0.6 is 0 Å². The van der Waals surface area contributed by atoms with Crippen molar-refractivity contribution in [2.45, 2.75) is 63.2 Å². The highest BCUT2D eigenvalue weighted by molar-refractivity contribution is 4.89. The van der Waals surface area contributed by atoms with Crippen molar-refractivity contribution in [2.75, 3.05) is 26.2 Å². The molecule has 2 atom stereocenters. The van der Waals surface area contributed by atoms with Crippen molar-refractivity contribution in [3.8, 4) is 0 Å². The number of alkyl halides is 3. The van der Waals surface area contributed by atoms with Gasteiger partial charge in [0.2, 0.25) is 0 Å². The lowest BCUT2D eigenvalue weighted by molar-refractivity contribution is -0.127. The molecule has 0 aromatic rings. The molecule has 0 radical (unpaired) electrons. The summed E-state index contributed by atoms with van der Waals surface area (Å²) in [5, 5.41) is 11.7. The Bertz CT molecular complexity index is 306. The summed E-state index contributed by atoms with van der Waals surface area (Å²) in [6, 6.07) is 0.474. The smallest absolute Gasteiger partial charge is 0.396 e. The Morgan fingerprint density at radius 2 is 1.86 bits per heavy atom. The van der Waals surface area contributed by atoms with Gasteiger partial charge in [0.1, 0.15) is 0 Å². The van der Waals surface area contributed by atoms with Crippen molar-refractivity contribution < 1.29 is 18.3 Å². The van der Waals surface area contributed by atoms with E-state index in [1.807, 2.05) is 0 Å². The molecule has 2 fully saturated rings. The lowest BCUT2D eigenvalue weighted by atomic mass is 9.89. The van der Waals surface area contributed by atoms with E-state index >= 15 is 0 Å². The second kappa shape index (κ2) is 7.79. The van der Waals surface area contributed by atoms with Gasteiger partial charge in [0, 0.05) is 31.8 Å². The van der Waals surface area contributed by atoms with Crippen LogP contribution in [0.25, 0.3) is 0 Å². The Morgan fingerprint density at radius 1 is 1.14 bits per heavy atom. The Balaban J connectivity index is 1.89. The van der Waals surface area contributed by atoms with Crippen LogP contribution in [0.4, 0.5) is 13.2 Å². The van der Waals surface area contributed by atoms with E-state index in [0.29, 0.717) is 12.0 Å². The first-order chi connectivity index (χ1) is 9.98. The molecule has 0 amide bonds. The monoisotopic (exact) mass is 308 g/mol. The first kappa shape index (κ1) is 17.0. The molecule has 1 heterocycles. The van der Waals surface area contributed by atoms with Crippen LogP contribution < -0.4 is 5.32 Å². The topological polar surface area (TPSA) is 35.5 Å². The Labute approximate surface area is 124 Å².